The average Bonchev–Trinajstić information content (AvgIpc) is 2.17. The van der Waals surface area contributed by atoms with Crippen LogP contribution in [0, 0.1) is 0 Å². The molecule has 0 amide bonds. The minimum absolute atomic E-state index is 0.0106. The lowest BCUT2D eigenvalue weighted by molar-refractivity contribution is -0.0959. The third-order valence-corrected chi connectivity index (χ3v) is 1.67. The van der Waals surface area contributed by atoms with Crippen LogP contribution in [-0.4, -0.2) is 19.1 Å². The predicted molar refractivity (Wildman–Crippen MR) is 59.4 cm³/mol. The molecule has 0 aliphatic rings. The number of hydrogen-bond acceptors (Lipinski definition) is 3. The van der Waals surface area contributed by atoms with Gasteiger partial charge in [-0.1, -0.05) is 6.08 Å². The van der Waals surface area contributed by atoms with Crippen molar-refractivity contribution in [3.8, 4) is 0 Å². The smallest absolute Gasteiger partial charge is 0.335 e. The van der Waals surface area contributed by atoms with E-state index in [0.29, 0.717) is 5.70 Å². The summed E-state index contributed by atoms with van der Waals surface area (Å²) in [7, 11) is 0. The average molecular weight is 233 g/mol. The van der Waals surface area contributed by atoms with Crippen LogP contribution in [0.5, 0.6) is 0 Å². The molecule has 0 saturated heterocycles. The minimum Gasteiger partial charge on any atom is -0.335 e. The highest BCUT2D eigenvalue weighted by atomic mass is 19.4. The van der Waals surface area contributed by atoms with Crippen LogP contribution >= 0.6 is 0 Å². The summed E-state index contributed by atoms with van der Waals surface area (Å²) >= 11 is 0. The summed E-state index contributed by atoms with van der Waals surface area (Å²) in [6.45, 7) is 7.68. The normalized spacial score (nSPS) is 15.0. The van der Waals surface area contributed by atoms with Crippen molar-refractivity contribution >= 4 is 12.9 Å². The first-order valence-electron chi connectivity index (χ1n) is 4.53. The Balaban J connectivity index is 5.08. The van der Waals surface area contributed by atoms with Crippen LogP contribution in [0.3, 0.4) is 0 Å². The second-order valence-electron chi connectivity index (χ2n) is 2.80. The molecule has 1 N–H and O–H groups in total. The standard InChI is InChI=1S/C10H14F3N3/c1-5-8(10(11,12)13)16-9(14-4)7(3)15-6-2/h5-6,16H,4H2,1-3H3/b8-5?,9-7+,15-6-. The van der Waals surface area contributed by atoms with Gasteiger partial charge in [-0.2, -0.15) is 13.2 Å². The number of nitrogens with zero attached hydrogens (tertiary/aromatic N) is 2. The Labute approximate surface area is 92.5 Å². The number of halogens is 3. The van der Waals surface area contributed by atoms with Gasteiger partial charge in [-0.05, 0) is 27.5 Å². The number of allylic oxidation sites excluding steroid dienone is 3. The first-order chi connectivity index (χ1) is 7.36. The molecule has 0 spiro atoms. The van der Waals surface area contributed by atoms with Gasteiger partial charge in [0.05, 0.1) is 5.70 Å². The fourth-order valence-corrected chi connectivity index (χ4v) is 0.933. The van der Waals surface area contributed by atoms with Crippen LogP contribution in [-0.2, 0) is 0 Å². The number of rotatable bonds is 4. The van der Waals surface area contributed by atoms with Gasteiger partial charge in [0.25, 0.3) is 0 Å². The highest BCUT2D eigenvalue weighted by Crippen LogP contribution is 2.24. The summed E-state index contributed by atoms with van der Waals surface area (Å²) in [6, 6.07) is 0. The lowest BCUT2D eigenvalue weighted by atomic mass is 10.3. The summed E-state index contributed by atoms with van der Waals surface area (Å²) in [5.74, 6) is -0.0106. The number of hydrogen-bond donors (Lipinski definition) is 1. The molecule has 0 bridgehead atoms. The zero-order chi connectivity index (χ0) is 12.8. The second-order valence-corrected chi connectivity index (χ2v) is 2.80. The molecule has 0 rings (SSSR count). The van der Waals surface area contributed by atoms with Crippen LogP contribution in [0.25, 0.3) is 0 Å². The van der Waals surface area contributed by atoms with E-state index >= 15 is 0 Å². The van der Waals surface area contributed by atoms with Gasteiger partial charge in [-0.3, -0.25) is 4.99 Å². The molecule has 0 heterocycles. The highest BCUT2D eigenvalue weighted by molar-refractivity contribution is 5.55. The molecule has 0 atom stereocenters. The number of alkyl halides is 3. The Bertz CT molecular complexity index is 338. The van der Waals surface area contributed by atoms with Gasteiger partial charge in [0.1, 0.15) is 5.70 Å². The maximum atomic E-state index is 12.4. The summed E-state index contributed by atoms with van der Waals surface area (Å²) in [5.41, 5.74) is -0.554. The van der Waals surface area contributed by atoms with Crippen molar-refractivity contribution in [1.82, 2.24) is 5.32 Å². The maximum absolute atomic E-state index is 12.4. The van der Waals surface area contributed by atoms with E-state index in [0.717, 1.165) is 6.08 Å². The van der Waals surface area contributed by atoms with E-state index in [1.165, 1.54) is 13.1 Å². The summed E-state index contributed by atoms with van der Waals surface area (Å²) in [4.78, 5) is 7.30. The van der Waals surface area contributed by atoms with E-state index in [1.54, 1.807) is 13.8 Å². The molecule has 3 nitrogen and oxygen atoms in total. The molecular weight excluding hydrogens is 219 g/mol. The predicted octanol–water partition coefficient (Wildman–Crippen LogP) is 3.02. The molecule has 16 heavy (non-hydrogen) atoms. The monoisotopic (exact) mass is 233 g/mol. The summed E-state index contributed by atoms with van der Waals surface area (Å²) < 4.78 is 37.2. The zero-order valence-corrected chi connectivity index (χ0v) is 9.39. The highest BCUT2D eigenvalue weighted by Gasteiger charge is 2.33. The van der Waals surface area contributed by atoms with Crippen molar-refractivity contribution in [2.45, 2.75) is 26.9 Å². The summed E-state index contributed by atoms with van der Waals surface area (Å²) in [6.07, 6.45) is -2.06. The van der Waals surface area contributed by atoms with Crippen LogP contribution in [0.1, 0.15) is 20.8 Å². The molecule has 0 unspecified atom stereocenters. The Kier molecular flexibility index (Phi) is 5.49. The SMILES string of the molecule is C=N/C(NC(=CC)C(F)(F)F)=C(C)\N=C/C. The molecule has 90 valence electrons. The first kappa shape index (κ1) is 14.4. The molecular formula is C10H14F3N3. The molecule has 0 aliphatic heterocycles. The van der Waals surface area contributed by atoms with Crippen molar-refractivity contribution < 1.29 is 13.2 Å². The topological polar surface area (TPSA) is 36.8 Å². The Morgan fingerprint density at radius 1 is 1.31 bits per heavy atom. The Morgan fingerprint density at radius 2 is 1.88 bits per heavy atom. The summed E-state index contributed by atoms with van der Waals surface area (Å²) in [5, 5.41) is 2.15. The quantitative estimate of drug-likeness (QED) is 0.744. The van der Waals surface area contributed by atoms with Crippen LogP contribution in [0.2, 0.25) is 0 Å². The van der Waals surface area contributed by atoms with Crippen molar-refractivity contribution in [3.05, 3.63) is 23.3 Å². The van der Waals surface area contributed by atoms with Crippen LogP contribution < -0.4 is 5.32 Å². The number of nitrogens with one attached hydrogen (secondary N) is 1. The van der Waals surface area contributed by atoms with Gasteiger partial charge in [0.15, 0.2) is 5.82 Å². The molecule has 6 heteroatoms. The van der Waals surface area contributed by atoms with Crippen molar-refractivity contribution in [2.75, 3.05) is 0 Å². The lowest BCUT2D eigenvalue weighted by Crippen LogP contribution is -2.25. The zero-order valence-electron chi connectivity index (χ0n) is 9.39. The second kappa shape index (κ2) is 6.09. The Hall–Kier alpha value is -1.59. The molecule has 0 aromatic carbocycles. The molecule has 0 aromatic rings. The fraction of sp³-hybridized carbons (Fsp3) is 0.400. The third-order valence-electron chi connectivity index (χ3n) is 1.67. The maximum Gasteiger partial charge on any atom is 0.430 e. The van der Waals surface area contributed by atoms with E-state index in [9.17, 15) is 13.2 Å². The van der Waals surface area contributed by atoms with Crippen LogP contribution in [0.4, 0.5) is 13.2 Å². The van der Waals surface area contributed by atoms with Crippen molar-refractivity contribution in [3.63, 3.8) is 0 Å². The van der Waals surface area contributed by atoms with Gasteiger partial charge in [0, 0.05) is 6.21 Å². The van der Waals surface area contributed by atoms with Gasteiger partial charge < -0.3 is 5.32 Å². The molecule has 0 radical (unpaired) electrons. The third kappa shape index (κ3) is 4.29. The van der Waals surface area contributed by atoms with Gasteiger partial charge in [-0.25, -0.2) is 4.99 Å². The largest absolute Gasteiger partial charge is 0.430 e. The van der Waals surface area contributed by atoms with E-state index in [1.807, 2.05) is 0 Å². The minimum atomic E-state index is -4.44. The molecule has 0 saturated carbocycles. The van der Waals surface area contributed by atoms with Gasteiger partial charge in [0.2, 0.25) is 0 Å². The number of aliphatic imine (C=N–C) groups is 2. The van der Waals surface area contributed by atoms with E-state index in [-0.39, 0.29) is 5.82 Å². The molecule has 0 aliphatic carbocycles. The van der Waals surface area contributed by atoms with Gasteiger partial charge >= 0.3 is 6.18 Å². The van der Waals surface area contributed by atoms with E-state index < -0.39 is 11.9 Å². The van der Waals surface area contributed by atoms with Crippen LogP contribution in [0.15, 0.2) is 33.3 Å². The first-order valence-corrected chi connectivity index (χ1v) is 4.53. The van der Waals surface area contributed by atoms with E-state index in [2.05, 4.69) is 22.0 Å². The lowest BCUT2D eigenvalue weighted by Gasteiger charge is -2.14. The molecule has 0 aromatic heterocycles. The van der Waals surface area contributed by atoms with E-state index in [4.69, 9.17) is 0 Å². The van der Waals surface area contributed by atoms with Crippen molar-refractivity contribution in [1.29, 1.82) is 0 Å². The van der Waals surface area contributed by atoms with Gasteiger partial charge in [-0.15, -0.1) is 0 Å². The van der Waals surface area contributed by atoms with Crippen molar-refractivity contribution in [2.24, 2.45) is 9.98 Å². The fourth-order valence-electron chi connectivity index (χ4n) is 0.933. The Morgan fingerprint density at radius 3 is 2.19 bits per heavy atom. The molecule has 0 fully saturated rings.